The zero-order valence-corrected chi connectivity index (χ0v) is 12.2. The summed E-state index contributed by atoms with van der Waals surface area (Å²) >= 11 is 0. The highest BCUT2D eigenvalue weighted by molar-refractivity contribution is 5.39. The van der Waals surface area contributed by atoms with Crippen LogP contribution in [0.3, 0.4) is 0 Å². The van der Waals surface area contributed by atoms with Crippen LogP contribution in [0.1, 0.15) is 29.9 Å². The summed E-state index contributed by atoms with van der Waals surface area (Å²) in [5, 5.41) is 19.0. The van der Waals surface area contributed by atoms with Crippen molar-refractivity contribution in [2.24, 2.45) is 0 Å². The highest BCUT2D eigenvalue weighted by atomic mass is 16.3. The number of likely N-dealkylation sites (tertiary alicyclic amines) is 1. The van der Waals surface area contributed by atoms with Crippen LogP contribution in [-0.4, -0.2) is 34.7 Å². The quantitative estimate of drug-likeness (QED) is 0.908. The van der Waals surface area contributed by atoms with E-state index in [1.54, 1.807) is 24.3 Å². The SMILES string of the molecule is CN1CCCC1C(c1ccc(O)cc1)c1ccc(O)cc1. The molecule has 1 aliphatic heterocycles. The van der Waals surface area contributed by atoms with Crippen LogP contribution >= 0.6 is 0 Å². The van der Waals surface area contributed by atoms with E-state index in [0.717, 1.165) is 6.54 Å². The average molecular weight is 283 g/mol. The first-order valence-electron chi connectivity index (χ1n) is 7.43. The van der Waals surface area contributed by atoms with Crippen molar-refractivity contribution in [3.63, 3.8) is 0 Å². The molecule has 3 nitrogen and oxygen atoms in total. The predicted octanol–water partition coefficient (Wildman–Crippen LogP) is 3.32. The van der Waals surface area contributed by atoms with Crippen molar-refractivity contribution in [1.82, 2.24) is 4.90 Å². The summed E-state index contributed by atoms with van der Waals surface area (Å²) in [7, 11) is 2.17. The lowest BCUT2D eigenvalue weighted by Crippen LogP contribution is -2.31. The van der Waals surface area contributed by atoms with Crippen LogP contribution in [0.2, 0.25) is 0 Å². The second-order valence-electron chi connectivity index (χ2n) is 5.85. The largest absolute Gasteiger partial charge is 0.508 e. The minimum absolute atomic E-state index is 0.263. The van der Waals surface area contributed by atoms with Gasteiger partial charge in [-0.2, -0.15) is 0 Å². The monoisotopic (exact) mass is 283 g/mol. The normalized spacial score (nSPS) is 19.2. The van der Waals surface area contributed by atoms with Crippen LogP contribution in [0.25, 0.3) is 0 Å². The van der Waals surface area contributed by atoms with Crippen molar-refractivity contribution in [2.75, 3.05) is 13.6 Å². The van der Waals surface area contributed by atoms with Gasteiger partial charge >= 0.3 is 0 Å². The van der Waals surface area contributed by atoms with E-state index in [9.17, 15) is 10.2 Å². The number of nitrogens with zero attached hydrogens (tertiary/aromatic N) is 1. The molecule has 1 fully saturated rings. The lowest BCUT2D eigenvalue weighted by Gasteiger charge is -2.30. The second kappa shape index (κ2) is 5.78. The summed E-state index contributed by atoms with van der Waals surface area (Å²) in [5.74, 6) is 0.852. The molecule has 0 amide bonds. The van der Waals surface area contributed by atoms with Gasteiger partial charge in [-0.1, -0.05) is 24.3 Å². The first kappa shape index (κ1) is 14.0. The molecular weight excluding hydrogens is 262 g/mol. The number of phenols is 2. The molecule has 1 saturated heterocycles. The molecule has 0 saturated carbocycles. The molecule has 0 spiro atoms. The maximum Gasteiger partial charge on any atom is 0.115 e. The van der Waals surface area contributed by atoms with E-state index in [1.165, 1.54) is 24.0 Å². The van der Waals surface area contributed by atoms with E-state index in [4.69, 9.17) is 0 Å². The topological polar surface area (TPSA) is 43.7 Å². The van der Waals surface area contributed by atoms with Crippen molar-refractivity contribution in [3.05, 3.63) is 59.7 Å². The maximum atomic E-state index is 9.52. The zero-order valence-electron chi connectivity index (χ0n) is 12.2. The van der Waals surface area contributed by atoms with Gasteiger partial charge in [-0.25, -0.2) is 0 Å². The Morgan fingerprint density at radius 1 is 0.905 bits per heavy atom. The highest BCUT2D eigenvalue weighted by Crippen LogP contribution is 2.36. The van der Waals surface area contributed by atoms with Crippen LogP contribution in [0.5, 0.6) is 11.5 Å². The molecule has 3 rings (SSSR count). The molecule has 0 aromatic heterocycles. The first-order valence-corrected chi connectivity index (χ1v) is 7.43. The van der Waals surface area contributed by atoms with Crippen LogP contribution in [0.15, 0.2) is 48.5 Å². The van der Waals surface area contributed by atoms with Crippen molar-refractivity contribution < 1.29 is 10.2 Å². The van der Waals surface area contributed by atoms with Crippen molar-refractivity contribution in [2.45, 2.75) is 24.8 Å². The zero-order chi connectivity index (χ0) is 14.8. The third kappa shape index (κ3) is 2.88. The van der Waals surface area contributed by atoms with E-state index in [2.05, 4.69) is 11.9 Å². The van der Waals surface area contributed by atoms with E-state index >= 15 is 0 Å². The highest BCUT2D eigenvalue weighted by Gasteiger charge is 2.31. The molecule has 21 heavy (non-hydrogen) atoms. The molecule has 1 aliphatic rings. The van der Waals surface area contributed by atoms with Crippen molar-refractivity contribution in [3.8, 4) is 11.5 Å². The summed E-state index contributed by atoms with van der Waals surface area (Å²) in [4.78, 5) is 2.41. The Balaban J connectivity index is 2.01. The Morgan fingerprint density at radius 2 is 1.38 bits per heavy atom. The van der Waals surface area contributed by atoms with Crippen LogP contribution in [-0.2, 0) is 0 Å². The third-order valence-electron chi connectivity index (χ3n) is 4.47. The van der Waals surface area contributed by atoms with Gasteiger partial charge in [0.1, 0.15) is 11.5 Å². The summed E-state index contributed by atoms with van der Waals surface area (Å²) in [6.07, 6.45) is 2.39. The number of rotatable bonds is 3. The van der Waals surface area contributed by atoms with Crippen molar-refractivity contribution >= 4 is 0 Å². The summed E-state index contributed by atoms with van der Waals surface area (Å²) in [6, 6.07) is 15.4. The number of phenolic OH excluding ortho intramolecular Hbond substituents is 2. The fraction of sp³-hybridized carbons (Fsp3) is 0.333. The molecule has 2 aromatic carbocycles. The maximum absolute atomic E-state index is 9.52. The average Bonchev–Trinajstić information content (AvgIpc) is 2.90. The molecule has 110 valence electrons. The van der Waals surface area contributed by atoms with Crippen LogP contribution in [0.4, 0.5) is 0 Å². The molecule has 0 radical (unpaired) electrons. The fourth-order valence-electron chi connectivity index (χ4n) is 3.36. The van der Waals surface area contributed by atoms with Gasteiger partial charge in [-0.3, -0.25) is 0 Å². The number of aromatic hydroxyl groups is 2. The molecule has 3 heteroatoms. The van der Waals surface area contributed by atoms with Crippen molar-refractivity contribution in [1.29, 1.82) is 0 Å². The van der Waals surface area contributed by atoms with Crippen LogP contribution in [0, 0.1) is 0 Å². The summed E-state index contributed by atoms with van der Waals surface area (Å²) in [6.45, 7) is 1.12. The Bertz CT molecular complexity index is 546. The molecule has 1 heterocycles. The van der Waals surface area contributed by atoms with E-state index in [1.807, 2.05) is 24.3 Å². The molecule has 2 aromatic rings. The van der Waals surface area contributed by atoms with Gasteiger partial charge in [-0.15, -0.1) is 0 Å². The van der Waals surface area contributed by atoms with Crippen LogP contribution < -0.4 is 0 Å². The second-order valence-corrected chi connectivity index (χ2v) is 5.85. The molecule has 2 N–H and O–H groups in total. The van der Waals surface area contributed by atoms with E-state index in [0.29, 0.717) is 17.5 Å². The lowest BCUT2D eigenvalue weighted by atomic mass is 9.84. The van der Waals surface area contributed by atoms with Gasteiger partial charge in [-0.05, 0) is 61.8 Å². The van der Waals surface area contributed by atoms with Gasteiger partial charge in [0.15, 0.2) is 0 Å². The molecule has 1 atom stereocenters. The first-order chi connectivity index (χ1) is 10.1. The molecular formula is C18H21NO2. The number of likely N-dealkylation sites (N-methyl/N-ethyl adjacent to an activating group) is 1. The Kier molecular flexibility index (Phi) is 3.84. The smallest absolute Gasteiger partial charge is 0.115 e. The fourth-order valence-corrected chi connectivity index (χ4v) is 3.36. The lowest BCUT2D eigenvalue weighted by molar-refractivity contribution is 0.287. The summed E-state index contributed by atoms with van der Waals surface area (Å²) < 4.78 is 0. The number of benzene rings is 2. The van der Waals surface area contributed by atoms with Gasteiger partial charge < -0.3 is 15.1 Å². The summed E-state index contributed by atoms with van der Waals surface area (Å²) in [5.41, 5.74) is 2.41. The predicted molar refractivity (Wildman–Crippen MR) is 83.7 cm³/mol. The number of hydrogen-bond donors (Lipinski definition) is 2. The van der Waals surface area contributed by atoms with Gasteiger partial charge in [0.2, 0.25) is 0 Å². The minimum atomic E-state index is 0.263. The van der Waals surface area contributed by atoms with Gasteiger partial charge in [0.05, 0.1) is 0 Å². The Morgan fingerprint density at radius 3 is 1.76 bits per heavy atom. The Hall–Kier alpha value is -2.00. The minimum Gasteiger partial charge on any atom is -0.508 e. The van der Waals surface area contributed by atoms with Gasteiger partial charge in [0.25, 0.3) is 0 Å². The standard InChI is InChI=1S/C18H21NO2/c1-19-12-2-3-17(19)18(13-4-8-15(20)9-5-13)14-6-10-16(21)11-7-14/h4-11,17-18,20-21H,2-3,12H2,1H3. The number of hydrogen-bond acceptors (Lipinski definition) is 3. The van der Waals surface area contributed by atoms with E-state index in [-0.39, 0.29) is 5.92 Å². The molecule has 0 bridgehead atoms. The van der Waals surface area contributed by atoms with Gasteiger partial charge in [0, 0.05) is 12.0 Å². The van der Waals surface area contributed by atoms with E-state index < -0.39 is 0 Å². The third-order valence-corrected chi connectivity index (χ3v) is 4.47. The molecule has 0 aliphatic carbocycles. The Labute approximate surface area is 125 Å². The molecule has 1 unspecified atom stereocenters.